The molecule has 0 unspecified atom stereocenters. The number of aryl methyl sites for hydroxylation is 1. The van der Waals surface area contributed by atoms with Crippen molar-refractivity contribution in [3.8, 4) is 0 Å². The van der Waals surface area contributed by atoms with Crippen molar-refractivity contribution in [2.45, 2.75) is 37.8 Å². The fraction of sp³-hybridized carbons (Fsp3) is 0.375. The Morgan fingerprint density at radius 2 is 2.04 bits per heavy atom. The first kappa shape index (κ1) is 16.7. The second-order valence-electron chi connectivity index (χ2n) is 6.04. The molecule has 128 valence electrons. The van der Waals surface area contributed by atoms with Crippen LogP contribution in [0.5, 0.6) is 0 Å². The number of hydrogen-bond acceptors (Lipinski definition) is 5. The van der Waals surface area contributed by atoms with Gasteiger partial charge in [0.15, 0.2) is 0 Å². The van der Waals surface area contributed by atoms with E-state index >= 15 is 0 Å². The van der Waals surface area contributed by atoms with Crippen LogP contribution in [-0.4, -0.2) is 36.6 Å². The lowest BCUT2D eigenvalue weighted by Gasteiger charge is -2.24. The monoisotopic (exact) mass is 347 g/mol. The normalized spacial score (nSPS) is 18.2. The lowest BCUT2D eigenvalue weighted by atomic mass is 10.1. The number of nitrogens with zero attached hydrogens (tertiary/aromatic N) is 3. The molecule has 3 rings (SSSR count). The number of amidine groups is 1. The Morgan fingerprint density at radius 1 is 1.29 bits per heavy atom. The van der Waals surface area contributed by atoms with Gasteiger partial charge in [0.05, 0.1) is 24.5 Å². The number of para-hydroxylation sites is 1. The number of nitrogens with one attached hydrogen (secondary N) is 2. The van der Waals surface area contributed by atoms with E-state index in [4.69, 9.17) is 0 Å². The lowest BCUT2D eigenvalue weighted by Crippen LogP contribution is -2.40. The van der Waals surface area contributed by atoms with Crippen LogP contribution in [0.3, 0.4) is 0 Å². The Morgan fingerprint density at radius 3 is 2.75 bits per heavy atom. The second-order valence-corrected chi connectivity index (χ2v) is 7.61. The summed E-state index contributed by atoms with van der Waals surface area (Å²) in [5.74, 6) is 0.393. The van der Waals surface area contributed by atoms with Crippen LogP contribution in [0.15, 0.2) is 46.0 Å². The fourth-order valence-corrected chi connectivity index (χ4v) is 3.70. The minimum absolute atomic E-state index is 0.0914. The van der Waals surface area contributed by atoms with Gasteiger partial charge in [0, 0.05) is 12.2 Å². The van der Waals surface area contributed by atoms with E-state index in [0.29, 0.717) is 18.1 Å². The molecule has 0 spiro atoms. The van der Waals surface area contributed by atoms with Crippen molar-refractivity contribution in [2.24, 2.45) is 4.40 Å². The maximum absolute atomic E-state index is 12.2. The molecule has 2 N–H and O–H groups in total. The Labute approximate surface area is 141 Å². The van der Waals surface area contributed by atoms with Gasteiger partial charge in [0.1, 0.15) is 10.7 Å². The molecule has 24 heavy (non-hydrogen) atoms. The molecule has 1 aliphatic heterocycles. The molecule has 1 aromatic heterocycles. The number of hydrogen-bond donors (Lipinski definition) is 2. The molecule has 1 aromatic carbocycles. The summed E-state index contributed by atoms with van der Waals surface area (Å²) in [6.07, 6.45) is 3.80. The van der Waals surface area contributed by atoms with Crippen LogP contribution >= 0.6 is 0 Å². The first-order chi connectivity index (χ1) is 11.4. The van der Waals surface area contributed by atoms with E-state index in [1.807, 2.05) is 30.9 Å². The van der Waals surface area contributed by atoms with Gasteiger partial charge in [-0.25, -0.2) is 0 Å². The summed E-state index contributed by atoms with van der Waals surface area (Å²) >= 11 is 0. The van der Waals surface area contributed by atoms with E-state index in [9.17, 15) is 8.42 Å². The number of anilines is 1. The summed E-state index contributed by atoms with van der Waals surface area (Å²) in [4.78, 5) is 0.210. The Kier molecular flexibility index (Phi) is 4.42. The average Bonchev–Trinajstić information content (AvgIpc) is 2.98. The van der Waals surface area contributed by atoms with Gasteiger partial charge in [0.2, 0.25) is 0 Å². The van der Waals surface area contributed by atoms with Crippen LogP contribution < -0.4 is 10.6 Å². The molecule has 2 aromatic rings. The van der Waals surface area contributed by atoms with Crippen LogP contribution in [0.2, 0.25) is 0 Å². The van der Waals surface area contributed by atoms with E-state index in [-0.39, 0.29) is 17.0 Å². The molecule has 0 aliphatic carbocycles. The van der Waals surface area contributed by atoms with Gasteiger partial charge in [0.25, 0.3) is 10.0 Å². The van der Waals surface area contributed by atoms with Gasteiger partial charge >= 0.3 is 0 Å². The van der Waals surface area contributed by atoms with Gasteiger partial charge in [-0.3, -0.25) is 4.68 Å². The number of rotatable bonds is 5. The van der Waals surface area contributed by atoms with Crippen LogP contribution in [0.1, 0.15) is 25.5 Å². The predicted molar refractivity (Wildman–Crippen MR) is 93.8 cm³/mol. The highest BCUT2D eigenvalue weighted by atomic mass is 32.2. The topological polar surface area (TPSA) is 88.4 Å². The maximum Gasteiger partial charge on any atom is 0.286 e. The highest BCUT2D eigenvalue weighted by Crippen LogP contribution is 2.26. The summed E-state index contributed by atoms with van der Waals surface area (Å²) in [6, 6.07) is 6.99. The molecule has 0 fully saturated rings. The Hall–Kier alpha value is -2.19. The predicted octanol–water partition coefficient (Wildman–Crippen LogP) is 1.94. The van der Waals surface area contributed by atoms with Crippen LogP contribution in [0.25, 0.3) is 0 Å². The zero-order valence-corrected chi connectivity index (χ0v) is 14.7. The summed E-state index contributed by atoms with van der Waals surface area (Å²) in [6.45, 7) is 6.43. The zero-order valence-electron chi connectivity index (χ0n) is 13.9. The third-order valence-electron chi connectivity index (χ3n) is 4.14. The maximum atomic E-state index is 12.2. The average molecular weight is 347 g/mol. The van der Waals surface area contributed by atoms with E-state index in [1.54, 1.807) is 24.3 Å². The third-order valence-corrected chi connectivity index (χ3v) is 5.51. The largest absolute Gasteiger partial charge is 0.341 e. The minimum Gasteiger partial charge on any atom is -0.341 e. The van der Waals surface area contributed by atoms with Crippen LogP contribution in [0.4, 0.5) is 5.69 Å². The summed E-state index contributed by atoms with van der Waals surface area (Å²) in [5, 5.41) is 10.7. The molecule has 8 heteroatoms. The summed E-state index contributed by atoms with van der Waals surface area (Å²) < 4.78 is 30.2. The van der Waals surface area contributed by atoms with E-state index < -0.39 is 10.0 Å². The number of aromatic nitrogens is 2. The van der Waals surface area contributed by atoms with Crippen LogP contribution in [0, 0.1) is 6.92 Å². The van der Waals surface area contributed by atoms with Gasteiger partial charge < -0.3 is 10.6 Å². The molecule has 7 nitrogen and oxygen atoms in total. The molecule has 0 bridgehead atoms. The highest BCUT2D eigenvalue weighted by Gasteiger charge is 2.24. The quantitative estimate of drug-likeness (QED) is 0.863. The minimum atomic E-state index is -3.64. The van der Waals surface area contributed by atoms with Crippen molar-refractivity contribution in [3.05, 3.63) is 42.2 Å². The molecule has 0 radical (unpaired) electrons. The molecule has 0 saturated carbocycles. The molecule has 0 amide bonds. The van der Waals surface area contributed by atoms with Crippen molar-refractivity contribution < 1.29 is 8.42 Å². The first-order valence-corrected chi connectivity index (χ1v) is 9.25. The van der Waals surface area contributed by atoms with E-state index in [1.165, 1.54) is 0 Å². The number of benzene rings is 1. The molecule has 2 heterocycles. The first-order valence-electron chi connectivity index (χ1n) is 7.81. The van der Waals surface area contributed by atoms with E-state index in [0.717, 1.165) is 5.56 Å². The highest BCUT2D eigenvalue weighted by molar-refractivity contribution is 7.90. The molecule has 1 aliphatic rings. The SMILES string of the molecule is Cc1cnn([C@@H](C)[C@@H](C)NCC2=NS(=O)(=O)c3ccccc3N2)c1. The molecule has 0 saturated heterocycles. The fourth-order valence-electron chi connectivity index (χ4n) is 2.56. The summed E-state index contributed by atoms with van der Waals surface area (Å²) in [7, 11) is -3.64. The Balaban J connectivity index is 1.68. The van der Waals surface area contributed by atoms with Crippen LogP contribution in [-0.2, 0) is 10.0 Å². The van der Waals surface area contributed by atoms with Gasteiger partial charge in [-0.15, -0.1) is 4.40 Å². The third kappa shape index (κ3) is 3.34. The van der Waals surface area contributed by atoms with Crippen molar-refractivity contribution in [1.82, 2.24) is 15.1 Å². The van der Waals surface area contributed by atoms with Crippen molar-refractivity contribution in [1.29, 1.82) is 0 Å². The number of sulfonamides is 1. The summed E-state index contributed by atoms with van der Waals surface area (Å²) in [5.41, 5.74) is 1.67. The van der Waals surface area contributed by atoms with Crippen molar-refractivity contribution in [3.63, 3.8) is 0 Å². The van der Waals surface area contributed by atoms with Crippen molar-refractivity contribution >= 4 is 21.5 Å². The number of fused-ring (bicyclic) bond motifs is 1. The molecular weight excluding hydrogens is 326 g/mol. The second kappa shape index (κ2) is 6.37. The Bertz CT molecular complexity index is 872. The van der Waals surface area contributed by atoms with E-state index in [2.05, 4.69) is 27.1 Å². The van der Waals surface area contributed by atoms with Gasteiger partial charge in [-0.05, 0) is 38.5 Å². The smallest absolute Gasteiger partial charge is 0.286 e. The zero-order chi connectivity index (χ0) is 17.3. The molecule has 2 atom stereocenters. The lowest BCUT2D eigenvalue weighted by molar-refractivity contribution is 0.378. The van der Waals surface area contributed by atoms with Gasteiger partial charge in [-0.1, -0.05) is 12.1 Å². The van der Waals surface area contributed by atoms with Gasteiger partial charge in [-0.2, -0.15) is 13.5 Å². The van der Waals surface area contributed by atoms with Crippen molar-refractivity contribution in [2.75, 3.05) is 11.9 Å². The molecular formula is C16H21N5O2S. The standard InChI is InChI=1S/C16H21N5O2S/c1-11-8-18-21(10-11)13(3)12(2)17-9-16-19-14-6-4-5-7-15(14)24(22,23)20-16/h4-8,10,12-13,17H,9H2,1-3H3,(H,19,20)/t12-,13+/m1/s1.